The van der Waals surface area contributed by atoms with Crippen molar-refractivity contribution in [3.05, 3.63) is 105 Å². The number of anilines is 3. The Balaban J connectivity index is 1.57. The molecule has 0 aromatic heterocycles. The minimum absolute atomic E-state index is 0.0146. The number of ether oxygens (including phenoxy) is 1. The SMILES string of the molecule is CCN(CCO)c1ccc(/N=C(/C(=O)Nc2cc(S(=O)(=O)NCCCOc3ccc(C(C)(C)CC)cc3C(C)(C)CC)ccc2Cl)C(=O)N(C)c2c(Cl)cccc2Cl)c(C)c1. The number of nitrogens with zero attached hydrogens (tertiary/aromatic N) is 3. The van der Waals surface area contributed by atoms with Gasteiger partial charge in [0, 0.05) is 37.9 Å². The molecule has 0 atom stereocenters. The lowest BCUT2D eigenvalue weighted by molar-refractivity contribution is -0.115. The third-order valence-electron chi connectivity index (χ3n) is 11.1. The number of amides is 2. The Labute approximate surface area is 376 Å². The van der Waals surface area contributed by atoms with Gasteiger partial charge < -0.3 is 25.0 Å². The standard InChI is InChI=1S/C46H58Cl3N5O6S/c1-10-45(5,6)31-17-22-40(34(28-31)46(7,8)11-2)60-26-14-23-50-61(58,59)33-19-20-35(47)39(29-33)52-43(56)41(44(57)53(9)42-36(48)15-13-16-37(42)49)51-38-21-18-32(27-30(38)4)54(12-3)24-25-55/h13,15-22,27-29,50,55H,10-12,14,23-26H2,1-9H3,(H,52,56)/b51-41-. The quantitative estimate of drug-likeness (QED) is 0.0456. The Kier molecular flexibility index (Phi) is 17.3. The van der Waals surface area contributed by atoms with Gasteiger partial charge in [0.2, 0.25) is 10.0 Å². The fourth-order valence-electron chi connectivity index (χ4n) is 6.43. The number of rotatable bonds is 20. The summed E-state index contributed by atoms with van der Waals surface area (Å²) in [6.07, 6.45) is 2.29. The largest absolute Gasteiger partial charge is 0.493 e. The van der Waals surface area contributed by atoms with Crippen molar-refractivity contribution in [3.63, 3.8) is 0 Å². The molecule has 0 spiro atoms. The molecule has 0 aliphatic heterocycles. The summed E-state index contributed by atoms with van der Waals surface area (Å²) in [7, 11) is -2.67. The van der Waals surface area contributed by atoms with Crippen molar-refractivity contribution in [2.75, 3.05) is 55.0 Å². The predicted molar refractivity (Wildman–Crippen MR) is 252 cm³/mol. The van der Waals surface area contributed by atoms with Gasteiger partial charge in [-0.25, -0.2) is 18.1 Å². The molecule has 0 fully saturated rings. The summed E-state index contributed by atoms with van der Waals surface area (Å²) in [6.45, 7) is 18.3. The average molecular weight is 915 g/mol. The zero-order chi connectivity index (χ0) is 45.3. The van der Waals surface area contributed by atoms with E-state index < -0.39 is 27.5 Å². The number of benzene rings is 4. The van der Waals surface area contributed by atoms with E-state index in [4.69, 9.17) is 39.5 Å². The van der Waals surface area contributed by atoms with Gasteiger partial charge in [-0.15, -0.1) is 0 Å². The molecule has 4 aromatic rings. The molecular formula is C46H58Cl3N5O6S. The second-order valence-electron chi connectivity index (χ2n) is 16.1. The number of likely N-dealkylation sites (N-methyl/N-ethyl adjacent to an activating group) is 1. The number of hydrogen-bond donors (Lipinski definition) is 3. The maximum Gasteiger partial charge on any atom is 0.282 e. The van der Waals surface area contributed by atoms with Crippen LogP contribution in [0.25, 0.3) is 0 Å². The summed E-state index contributed by atoms with van der Waals surface area (Å²) in [5.41, 5.74) is 3.59. The van der Waals surface area contributed by atoms with Crippen molar-refractivity contribution in [1.82, 2.24) is 4.72 Å². The van der Waals surface area contributed by atoms with E-state index in [9.17, 15) is 23.1 Å². The minimum Gasteiger partial charge on any atom is -0.493 e. The molecule has 15 heteroatoms. The summed E-state index contributed by atoms with van der Waals surface area (Å²) in [5, 5.41) is 12.5. The van der Waals surface area contributed by atoms with E-state index in [1.54, 1.807) is 37.3 Å². The van der Waals surface area contributed by atoms with Gasteiger partial charge in [0.25, 0.3) is 11.8 Å². The number of aliphatic imine (C=N–C) groups is 1. The number of nitrogens with one attached hydrogen (secondary N) is 2. The Morgan fingerprint density at radius 3 is 2.15 bits per heavy atom. The maximum atomic E-state index is 14.2. The molecule has 0 saturated heterocycles. The van der Waals surface area contributed by atoms with Crippen LogP contribution >= 0.6 is 34.8 Å². The van der Waals surface area contributed by atoms with Crippen molar-refractivity contribution in [3.8, 4) is 5.75 Å². The Hall–Kier alpha value is -4.17. The predicted octanol–water partition coefficient (Wildman–Crippen LogP) is 10.3. The van der Waals surface area contributed by atoms with Crippen molar-refractivity contribution >= 4 is 85.1 Å². The lowest BCUT2D eigenvalue weighted by Gasteiger charge is -2.30. The molecule has 0 heterocycles. The van der Waals surface area contributed by atoms with E-state index in [0.717, 1.165) is 34.7 Å². The van der Waals surface area contributed by atoms with Crippen LogP contribution in [0.2, 0.25) is 15.1 Å². The van der Waals surface area contributed by atoms with E-state index in [1.807, 2.05) is 24.0 Å². The second-order valence-corrected chi connectivity index (χ2v) is 19.0. The number of carbonyl (C=O) groups excluding carboxylic acids is 2. The minimum atomic E-state index is -4.08. The van der Waals surface area contributed by atoms with Crippen LogP contribution < -0.4 is 24.6 Å². The first-order valence-electron chi connectivity index (χ1n) is 20.4. The highest BCUT2D eigenvalue weighted by Crippen LogP contribution is 2.39. The van der Waals surface area contributed by atoms with E-state index >= 15 is 0 Å². The fourth-order valence-corrected chi connectivity index (χ4v) is 8.35. The molecule has 0 aliphatic rings. The number of para-hydroxylation sites is 1. The highest BCUT2D eigenvalue weighted by molar-refractivity contribution is 7.89. The van der Waals surface area contributed by atoms with Crippen molar-refractivity contribution < 1.29 is 27.9 Å². The third-order valence-corrected chi connectivity index (χ3v) is 13.5. The normalized spacial score (nSPS) is 12.3. The van der Waals surface area contributed by atoms with Crippen LogP contribution in [-0.4, -0.2) is 70.9 Å². The van der Waals surface area contributed by atoms with Gasteiger partial charge in [0.05, 0.1) is 50.2 Å². The van der Waals surface area contributed by atoms with Gasteiger partial charge in [-0.2, -0.15) is 0 Å². The molecule has 0 bridgehead atoms. The topological polar surface area (TPSA) is 141 Å². The molecule has 0 radical (unpaired) electrons. The van der Waals surface area contributed by atoms with Crippen molar-refractivity contribution in [2.24, 2.45) is 4.99 Å². The monoisotopic (exact) mass is 913 g/mol. The zero-order valence-corrected chi connectivity index (χ0v) is 39.5. The van der Waals surface area contributed by atoms with Crippen LogP contribution in [-0.2, 0) is 30.4 Å². The highest BCUT2D eigenvalue weighted by Gasteiger charge is 2.30. The van der Waals surface area contributed by atoms with Crippen LogP contribution in [0.1, 0.15) is 84.4 Å². The molecule has 4 rings (SSSR count). The number of sulfonamides is 1. The number of hydrogen-bond acceptors (Lipinski definition) is 8. The van der Waals surface area contributed by atoms with Crippen LogP contribution in [0, 0.1) is 6.92 Å². The smallest absolute Gasteiger partial charge is 0.282 e. The lowest BCUT2D eigenvalue weighted by Crippen LogP contribution is -2.40. The average Bonchev–Trinajstić information content (AvgIpc) is 3.22. The first-order chi connectivity index (χ1) is 28.7. The van der Waals surface area contributed by atoms with E-state index in [0.29, 0.717) is 30.8 Å². The first kappa shape index (κ1) is 49.5. The van der Waals surface area contributed by atoms with Gasteiger partial charge >= 0.3 is 0 Å². The third kappa shape index (κ3) is 12.3. The van der Waals surface area contributed by atoms with E-state index in [1.165, 1.54) is 30.8 Å². The highest BCUT2D eigenvalue weighted by atomic mass is 35.5. The second kappa shape index (κ2) is 21.3. The summed E-state index contributed by atoms with van der Waals surface area (Å²) in [5.74, 6) is -1.03. The van der Waals surface area contributed by atoms with Crippen LogP contribution in [0.15, 0.2) is 82.7 Å². The van der Waals surface area contributed by atoms with Crippen molar-refractivity contribution in [1.29, 1.82) is 0 Å². The summed E-state index contributed by atoms with van der Waals surface area (Å²) < 4.78 is 35.9. The number of aliphatic hydroxyl groups excluding tert-OH is 1. The molecule has 0 unspecified atom stereocenters. The van der Waals surface area contributed by atoms with Gasteiger partial charge in [0.1, 0.15) is 5.75 Å². The molecule has 3 N–H and O–H groups in total. The van der Waals surface area contributed by atoms with Crippen LogP contribution in [0.5, 0.6) is 5.75 Å². The first-order valence-corrected chi connectivity index (χ1v) is 23.0. The molecule has 0 saturated carbocycles. The molecule has 2 amide bonds. The fraction of sp³-hybridized carbons (Fsp3) is 0.413. The van der Waals surface area contributed by atoms with E-state index in [2.05, 4.69) is 68.7 Å². The maximum absolute atomic E-state index is 14.2. The van der Waals surface area contributed by atoms with E-state index in [-0.39, 0.29) is 61.9 Å². The molecule has 0 aliphatic carbocycles. The number of carbonyl (C=O) groups is 2. The van der Waals surface area contributed by atoms with Gasteiger partial charge in [-0.3, -0.25) is 9.59 Å². The Morgan fingerprint density at radius 2 is 1.54 bits per heavy atom. The van der Waals surface area contributed by atoms with Gasteiger partial charge in [-0.05, 0) is 110 Å². The van der Waals surface area contributed by atoms with Crippen LogP contribution in [0.4, 0.5) is 22.7 Å². The molecule has 4 aromatic carbocycles. The van der Waals surface area contributed by atoms with Crippen LogP contribution in [0.3, 0.4) is 0 Å². The summed E-state index contributed by atoms with van der Waals surface area (Å²) in [4.78, 5) is 35.7. The van der Waals surface area contributed by atoms with Crippen molar-refractivity contribution in [2.45, 2.75) is 90.4 Å². The van der Waals surface area contributed by atoms with Gasteiger partial charge in [0.15, 0.2) is 5.71 Å². The number of halogens is 3. The summed E-state index contributed by atoms with van der Waals surface area (Å²) in [6, 6.07) is 20.3. The zero-order valence-electron chi connectivity index (χ0n) is 36.5. The molecule has 11 nitrogen and oxygen atoms in total. The van der Waals surface area contributed by atoms with Gasteiger partial charge in [-0.1, -0.05) is 94.5 Å². The number of aliphatic hydroxyl groups is 1. The number of aryl methyl sites for hydroxylation is 1. The molecule has 61 heavy (non-hydrogen) atoms. The Morgan fingerprint density at radius 1 is 0.869 bits per heavy atom. The molecular weight excluding hydrogens is 857 g/mol. The Bertz CT molecular complexity index is 2330. The summed E-state index contributed by atoms with van der Waals surface area (Å²) >= 11 is 19.4. The molecule has 330 valence electrons. The lowest BCUT2D eigenvalue weighted by atomic mass is 9.76.